The summed E-state index contributed by atoms with van der Waals surface area (Å²) in [7, 11) is 0. The number of fused-ring (bicyclic) bond motifs is 12. The molecule has 0 bridgehead atoms. The first-order valence-electron chi connectivity index (χ1n) is 49.8. The van der Waals surface area contributed by atoms with Gasteiger partial charge in [-0.15, -0.1) is 0 Å². The average molecular weight is 1930 g/mol. The van der Waals surface area contributed by atoms with Gasteiger partial charge >= 0.3 is 0 Å². The molecule has 0 aliphatic carbocycles. The van der Waals surface area contributed by atoms with Crippen LogP contribution in [-0.4, -0.2) is 78.1 Å². The highest BCUT2D eigenvalue weighted by Gasteiger charge is 2.24. The molecule has 0 atom stereocenters. The molecule has 712 valence electrons. The molecule has 0 radical (unpaired) electrons. The third-order valence-electron chi connectivity index (χ3n) is 26.3. The number of pyridine rings is 7. The molecule has 0 unspecified atom stereocenters. The Morgan fingerprint density at radius 1 is 0.160 bits per heavy atom. The van der Waals surface area contributed by atoms with Crippen molar-refractivity contribution in [3.8, 4) is 136 Å². The molecule has 0 fully saturated rings. The van der Waals surface area contributed by atoms with E-state index in [9.17, 15) is 0 Å². The van der Waals surface area contributed by atoms with E-state index in [0.29, 0.717) is 23.4 Å². The molecule has 16 nitrogen and oxygen atoms in total. The van der Waals surface area contributed by atoms with Crippen LogP contribution >= 0.6 is 0 Å². The average Bonchev–Trinajstić information content (AvgIpc) is 1.60. The molecule has 13 aromatic heterocycles. The maximum Gasteiger partial charge on any atom is 0.238 e. The zero-order valence-corrected chi connectivity index (χ0v) is 82.1. The number of rotatable bonds is 14. The second kappa shape index (κ2) is 43.4. The largest absolute Gasteiger partial charge is 0.309 e. The summed E-state index contributed by atoms with van der Waals surface area (Å²) in [6, 6.07) is 168. The molecule has 28 rings (SSSR count). The number of hydrogen-bond acceptors (Lipinski definition) is 12. The van der Waals surface area contributed by atoms with Crippen LogP contribution in [0.1, 0.15) is 11.1 Å². The molecule has 15 aromatic carbocycles. The van der Waals surface area contributed by atoms with Gasteiger partial charge in [0.25, 0.3) is 0 Å². The number of aromatic nitrogens is 16. The highest BCUT2D eigenvalue weighted by atomic mass is 15.2. The van der Waals surface area contributed by atoms with Crippen LogP contribution in [0.5, 0.6) is 0 Å². The second-order valence-corrected chi connectivity index (χ2v) is 36.1. The Hall–Kier alpha value is -20.4. The lowest BCUT2D eigenvalue weighted by molar-refractivity contribution is 0.952. The van der Waals surface area contributed by atoms with Gasteiger partial charge in [0.2, 0.25) is 5.95 Å². The highest BCUT2D eigenvalue weighted by Crippen LogP contribution is 2.43. The molecule has 150 heavy (non-hydrogen) atoms. The summed E-state index contributed by atoms with van der Waals surface area (Å²) in [6.07, 6.45) is 16.3. The molecule has 28 aromatic rings. The lowest BCUT2D eigenvalue weighted by Gasteiger charge is -2.13. The number of benzene rings is 15. The summed E-state index contributed by atoms with van der Waals surface area (Å²) < 4.78 is 9.04. The van der Waals surface area contributed by atoms with Crippen LogP contribution in [0.15, 0.2) is 547 Å². The van der Waals surface area contributed by atoms with Gasteiger partial charge in [0.05, 0.1) is 89.7 Å². The zero-order valence-electron chi connectivity index (χ0n) is 82.1. The van der Waals surface area contributed by atoms with E-state index in [2.05, 4.69) is 324 Å². The Kier molecular flexibility index (Phi) is 27.0. The minimum absolute atomic E-state index is 0.578. The molecule has 0 N–H and O–H groups in total. The number of aryl methyl sites for hydroxylation is 2. The monoisotopic (exact) mass is 1930 g/mol. The van der Waals surface area contributed by atoms with Gasteiger partial charge < -0.3 is 9.13 Å². The minimum Gasteiger partial charge on any atom is -0.309 e. The fraction of sp³-hybridized carbons (Fsp3) is 0.0149. The van der Waals surface area contributed by atoms with Crippen molar-refractivity contribution in [3.05, 3.63) is 558 Å². The van der Waals surface area contributed by atoms with Crippen molar-refractivity contribution >= 4 is 87.2 Å². The fourth-order valence-corrected chi connectivity index (χ4v) is 19.3. The van der Waals surface area contributed by atoms with Crippen LogP contribution in [-0.2, 0) is 0 Å². The predicted octanol–water partition coefficient (Wildman–Crippen LogP) is 32.5. The van der Waals surface area contributed by atoms with E-state index in [-0.39, 0.29) is 0 Å². The van der Waals surface area contributed by atoms with Crippen LogP contribution in [0.3, 0.4) is 0 Å². The van der Waals surface area contributed by atoms with Crippen molar-refractivity contribution in [2.45, 2.75) is 13.8 Å². The van der Waals surface area contributed by atoms with Crippen molar-refractivity contribution in [2.75, 3.05) is 0 Å². The molecule has 0 amide bonds. The summed E-state index contributed by atoms with van der Waals surface area (Å²) in [5, 5.41) is 9.71. The molecule has 0 spiro atoms. The Morgan fingerprint density at radius 2 is 0.460 bits per heavy atom. The summed E-state index contributed by atoms with van der Waals surface area (Å²) in [5.74, 6) is 3.32. The quantitative estimate of drug-likeness (QED) is 0.101. The molecule has 16 heteroatoms. The summed E-state index contributed by atoms with van der Waals surface area (Å²) in [5.41, 5.74) is 30.4. The van der Waals surface area contributed by atoms with E-state index in [1.165, 1.54) is 82.1 Å². The SMILES string of the molecule is Cc1ccc2c(c1)c1cc(-c3ccccc3)ccc1n2-c1cc(-c2cccnc2)nc(-c2ccccn2)c1.Cc1ccc2c(c1)c1cc(-c3ccccc3)ccc1n2-c1nc(-c2ccccc2)nc(-c2cccnc2)n1.c1ccc(-c2cc(-n3c4ccccc4c4ccccc43)cc(-c3cccnc3)n2)cc1.c1ccc(-c2nc(-c3cccnc3)cc(-n3c4ccccc4c4ccccc43)n2)cc1.c1ccccc1.c1ccccc1. The van der Waals surface area contributed by atoms with Gasteiger partial charge in [0, 0.05) is 144 Å². The Balaban J connectivity index is 0.000000106. The van der Waals surface area contributed by atoms with Crippen molar-refractivity contribution in [3.63, 3.8) is 0 Å². The molecule has 0 saturated heterocycles. The van der Waals surface area contributed by atoms with E-state index in [4.69, 9.17) is 34.9 Å². The Bertz CT molecular complexity index is 8600. The first-order chi connectivity index (χ1) is 74.2. The van der Waals surface area contributed by atoms with Gasteiger partial charge in [0.1, 0.15) is 5.82 Å². The lowest BCUT2D eigenvalue weighted by Crippen LogP contribution is -2.06. The third kappa shape index (κ3) is 20.0. The van der Waals surface area contributed by atoms with Gasteiger partial charge in [0.15, 0.2) is 17.5 Å². The minimum atomic E-state index is 0.578. The van der Waals surface area contributed by atoms with Crippen molar-refractivity contribution in [2.24, 2.45) is 0 Å². The highest BCUT2D eigenvalue weighted by molar-refractivity contribution is 6.14. The fourth-order valence-electron chi connectivity index (χ4n) is 19.3. The third-order valence-corrected chi connectivity index (χ3v) is 26.3. The number of nitrogens with zero attached hydrogens (tertiary/aromatic N) is 16. The topological polar surface area (TPSA) is 174 Å². The van der Waals surface area contributed by atoms with Crippen LogP contribution in [0.4, 0.5) is 0 Å². The van der Waals surface area contributed by atoms with Gasteiger partial charge in [-0.3, -0.25) is 34.1 Å². The first-order valence-corrected chi connectivity index (χ1v) is 49.8. The van der Waals surface area contributed by atoms with Crippen LogP contribution in [0.25, 0.3) is 223 Å². The second-order valence-electron chi connectivity index (χ2n) is 36.1. The maximum atomic E-state index is 5.00. The van der Waals surface area contributed by atoms with Crippen LogP contribution in [0, 0.1) is 13.8 Å². The zero-order chi connectivity index (χ0) is 101. The van der Waals surface area contributed by atoms with Crippen molar-refractivity contribution in [1.29, 1.82) is 0 Å². The standard InChI is InChI=1S/C34H24N4.C33H23N5.C28H19N3.C27H18N4.2C6H6/c1-23-12-14-33-28(18-23)29-19-25(24-8-3-2-4-9-24)13-15-34(29)38(33)27-20-31(26-10-7-16-35-22-26)37-32(21-27)30-11-5-6-17-36-30;1-22-14-16-29-27(19-22)28-20-25(23-9-4-2-5-10-23)15-17-30(28)38(29)33-36-31(24-11-6-3-7-12-24)35-32(37-33)26-13-8-18-34-21-26;1-2-9-20(10-3-1)25-17-22(18-26(30-25)21-11-8-16-29-19-21)31-27-14-6-4-12-23(27)24-13-5-7-15-28(24)31;1-2-9-19(10-3-1)27-29-23(20-11-8-16-28-18-20)17-26(30-27)31-24-14-6-4-12-21(24)22-13-5-7-15-25(22)31;2*1-2-4-6-5-3-1/h2-22H,1H3;2-21H,1H3;1-19H;1-18H;2*1-6H. The van der Waals surface area contributed by atoms with Crippen molar-refractivity contribution < 1.29 is 0 Å². The number of hydrogen-bond donors (Lipinski definition) is 0. The number of para-hydroxylation sites is 4. The molecule has 13 heterocycles. The molecule has 0 saturated carbocycles. The maximum absolute atomic E-state index is 5.00. The van der Waals surface area contributed by atoms with Gasteiger partial charge in [-0.05, 0) is 194 Å². The van der Waals surface area contributed by atoms with Crippen LogP contribution < -0.4 is 0 Å². The normalized spacial score (nSPS) is 11.0. The summed E-state index contributed by atoms with van der Waals surface area (Å²) in [4.78, 5) is 56.5. The van der Waals surface area contributed by atoms with E-state index in [1.807, 2.05) is 249 Å². The van der Waals surface area contributed by atoms with Gasteiger partial charge in [-0.25, -0.2) is 24.9 Å². The molecule has 0 aliphatic heterocycles. The van der Waals surface area contributed by atoms with Gasteiger partial charge in [-0.2, -0.15) is 9.97 Å². The van der Waals surface area contributed by atoms with Crippen LogP contribution in [0.2, 0.25) is 0 Å². The Labute approximate surface area is 867 Å². The first kappa shape index (κ1) is 93.3. The summed E-state index contributed by atoms with van der Waals surface area (Å²) in [6.45, 7) is 4.27. The van der Waals surface area contributed by atoms with E-state index >= 15 is 0 Å². The van der Waals surface area contributed by atoms with Crippen molar-refractivity contribution in [1.82, 2.24) is 78.1 Å². The molecular formula is C134H96N16. The van der Waals surface area contributed by atoms with E-state index < -0.39 is 0 Å². The van der Waals surface area contributed by atoms with Gasteiger partial charge in [-0.1, -0.05) is 339 Å². The molecule has 0 aliphatic rings. The summed E-state index contributed by atoms with van der Waals surface area (Å²) >= 11 is 0. The Morgan fingerprint density at radius 3 is 0.860 bits per heavy atom. The lowest BCUT2D eigenvalue weighted by atomic mass is 10.0. The predicted molar refractivity (Wildman–Crippen MR) is 613 cm³/mol. The van der Waals surface area contributed by atoms with E-state index in [1.54, 1.807) is 31.0 Å². The smallest absolute Gasteiger partial charge is 0.238 e. The molecular weight excluding hydrogens is 1830 g/mol. The van der Waals surface area contributed by atoms with E-state index in [0.717, 1.165) is 129 Å².